The molecule has 0 unspecified atom stereocenters. The summed E-state index contributed by atoms with van der Waals surface area (Å²) in [6.45, 7) is 3.99. The minimum Gasteiger partial charge on any atom is -0.360 e. The molecule has 15 heavy (non-hydrogen) atoms. The molecule has 1 rings (SSSR count). The number of anilines is 1. The number of halogens is 2. The zero-order valence-corrected chi connectivity index (χ0v) is 10.9. The maximum absolute atomic E-state index is 12.8. The zero-order chi connectivity index (χ0) is 11.4. The molecule has 0 fully saturated rings. The molecule has 0 aliphatic rings. The summed E-state index contributed by atoms with van der Waals surface area (Å²) in [6, 6.07) is 4.67. The molecule has 0 radical (unpaired) electrons. The van der Waals surface area contributed by atoms with E-state index in [2.05, 4.69) is 26.6 Å². The fraction of sp³-hybridized carbons (Fsp3) is 0.300. The fourth-order valence-corrected chi connectivity index (χ4v) is 1.81. The standard InChI is InChI=1S/C10H12BrFN2S/c1-6(2)13-10(15)14-9-4-3-7(12)5-8(9)11/h3-6H,1-2H3,(H2,13,14,15). The van der Waals surface area contributed by atoms with Crippen molar-refractivity contribution in [1.82, 2.24) is 5.32 Å². The van der Waals surface area contributed by atoms with Crippen molar-refractivity contribution in [2.45, 2.75) is 19.9 Å². The van der Waals surface area contributed by atoms with Crippen LogP contribution in [0.4, 0.5) is 10.1 Å². The summed E-state index contributed by atoms with van der Waals surface area (Å²) in [5.74, 6) is -0.282. The number of thiocarbonyl (C=S) groups is 1. The van der Waals surface area contributed by atoms with Crippen molar-refractivity contribution in [3.63, 3.8) is 0 Å². The van der Waals surface area contributed by atoms with E-state index >= 15 is 0 Å². The average Bonchev–Trinajstić information content (AvgIpc) is 2.08. The molecule has 2 N–H and O–H groups in total. The van der Waals surface area contributed by atoms with E-state index in [1.54, 1.807) is 6.07 Å². The highest BCUT2D eigenvalue weighted by molar-refractivity contribution is 9.10. The Labute approximate surface area is 102 Å². The van der Waals surface area contributed by atoms with Crippen LogP contribution in [0.3, 0.4) is 0 Å². The van der Waals surface area contributed by atoms with Gasteiger partial charge in [0.25, 0.3) is 0 Å². The van der Waals surface area contributed by atoms with Crippen LogP contribution in [-0.2, 0) is 0 Å². The van der Waals surface area contributed by atoms with E-state index in [1.807, 2.05) is 13.8 Å². The second-order valence-corrected chi connectivity index (χ2v) is 4.64. The number of nitrogens with one attached hydrogen (secondary N) is 2. The highest BCUT2D eigenvalue weighted by atomic mass is 79.9. The smallest absolute Gasteiger partial charge is 0.171 e. The van der Waals surface area contributed by atoms with Gasteiger partial charge >= 0.3 is 0 Å². The topological polar surface area (TPSA) is 24.1 Å². The van der Waals surface area contributed by atoms with Crippen molar-refractivity contribution in [1.29, 1.82) is 0 Å². The van der Waals surface area contributed by atoms with Gasteiger partial charge in [0.1, 0.15) is 5.82 Å². The van der Waals surface area contributed by atoms with Gasteiger partial charge in [0, 0.05) is 10.5 Å². The van der Waals surface area contributed by atoms with E-state index in [1.165, 1.54) is 12.1 Å². The van der Waals surface area contributed by atoms with Gasteiger partial charge in [-0.3, -0.25) is 0 Å². The molecule has 0 amide bonds. The summed E-state index contributed by atoms with van der Waals surface area (Å²) in [5, 5.41) is 6.54. The first-order valence-electron chi connectivity index (χ1n) is 4.51. The quantitative estimate of drug-likeness (QED) is 0.818. The van der Waals surface area contributed by atoms with Crippen LogP contribution >= 0.6 is 28.1 Å². The van der Waals surface area contributed by atoms with Gasteiger partial charge in [-0.1, -0.05) is 0 Å². The first-order chi connectivity index (χ1) is 6.99. The van der Waals surface area contributed by atoms with E-state index in [-0.39, 0.29) is 11.9 Å². The van der Waals surface area contributed by atoms with Crippen molar-refractivity contribution in [2.24, 2.45) is 0 Å². The summed E-state index contributed by atoms with van der Waals surface area (Å²) in [5.41, 5.74) is 0.745. The zero-order valence-electron chi connectivity index (χ0n) is 8.47. The third-order valence-electron chi connectivity index (χ3n) is 1.60. The van der Waals surface area contributed by atoms with Crippen LogP contribution in [0.5, 0.6) is 0 Å². The van der Waals surface area contributed by atoms with E-state index < -0.39 is 0 Å². The van der Waals surface area contributed by atoms with E-state index in [0.29, 0.717) is 9.59 Å². The first kappa shape index (κ1) is 12.4. The van der Waals surface area contributed by atoms with Crippen molar-refractivity contribution < 1.29 is 4.39 Å². The van der Waals surface area contributed by atoms with E-state index in [9.17, 15) is 4.39 Å². The maximum Gasteiger partial charge on any atom is 0.171 e. The van der Waals surface area contributed by atoms with Crippen LogP contribution < -0.4 is 10.6 Å². The van der Waals surface area contributed by atoms with Gasteiger partial charge < -0.3 is 10.6 Å². The molecule has 0 saturated heterocycles. The lowest BCUT2D eigenvalue weighted by molar-refractivity contribution is 0.627. The molecule has 0 heterocycles. The van der Waals surface area contributed by atoms with Crippen LogP contribution in [0.25, 0.3) is 0 Å². The molecular formula is C10H12BrFN2S. The van der Waals surface area contributed by atoms with Gasteiger partial charge in [0.15, 0.2) is 5.11 Å². The van der Waals surface area contributed by atoms with E-state index in [4.69, 9.17) is 12.2 Å². The Morgan fingerprint density at radius 2 is 2.13 bits per heavy atom. The third kappa shape index (κ3) is 4.13. The van der Waals surface area contributed by atoms with Crippen LogP contribution in [0, 0.1) is 5.82 Å². The molecule has 0 aliphatic carbocycles. The van der Waals surface area contributed by atoms with Crippen LogP contribution in [0.2, 0.25) is 0 Å². The second kappa shape index (κ2) is 5.42. The molecule has 2 nitrogen and oxygen atoms in total. The third-order valence-corrected chi connectivity index (χ3v) is 2.48. The van der Waals surface area contributed by atoms with Gasteiger partial charge in [-0.15, -0.1) is 0 Å². The van der Waals surface area contributed by atoms with Crippen molar-refractivity contribution in [2.75, 3.05) is 5.32 Å². The number of hydrogen-bond donors (Lipinski definition) is 2. The summed E-state index contributed by atoms with van der Waals surface area (Å²) < 4.78 is 13.4. The minimum atomic E-state index is -0.282. The molecule has 0 atom stereocenters. The summed E-state index contributed by atoms with van der Waals surface area (Å²) in [4.78, 5) is 0. The molecule has 0 aliphatic heterocycles. The summed E-state index contributed by atoms with van der Waals surface area (Å²) >= 11 is 8.32. The molecule has 1 aromatic rings. The van der Waals surface area contributed by atoms with Crippen LogP contribution in [0.15, 0.2) is 22.7 Å². The Bertz CT molecular complexity index is 368. The molecule has 1 aromatic carbocycles. The highest BCUT2D eigenvalue weighted by Gasteiger charge is 2.04. The monoisotopic (exact) mass is 290 g/mol. The number of benzene rings is 1. The second-order valence-electron chi connectivity index (χ2n) is 3.38. The summed E-state index contributed by atoms with van der Waals surface area (Å²) in [7, 11) is 0. The lowest BCUT2D eigenvalue weighted by Gasteiger charge is -2.14. The van der Waals surface area contributed by atoms with Gasteiger partial charge in [-0.05, 0) is 60.2 Å². The van der Waals surface area contributed by atoms with Crippen molar-refractivity contribution in [3.05, 3.63) is 28.5 Å². The normalized spacial score (nSPS) is 10.2. The number of hydrogen-bond acceptors (Lipinski definition) is 1. The molecular weight excluding hydrogens is 279 g/mol. The lowest BCUT2D eigenvalue weighted by Crippen LogP contribution is -2.33. The highest BCUT2D eigenvalue weighted by Crippen LogP contribution is 2.22. The van der Waals surface area contributed by atoms with Gasteiger partial charge in [-0.2, -0.15) is 0 Å². The van der Waals surface area contributed by atoms with Gasteiger partial charge in [-0.25, -0.2) is 4.39 Å². The Kier molecular flexibility index (Phi) is 4.47. The van der Waals surface area contributed by atoms with Crippen molar-refractivity contribution >= 4 is 38.9 Å². The molecule has 5 heteroatoms. The molecule has 0 spiro atoms. The molecule has 0 saturated carbocycles. The Hall–Kier alpha value is -0.680. The van der Waals surface area contributed by atoms with Crippen LogP contribution in [0.1, 0.15) is 13.8 Å². The Morgan fingerprint density at radius 1 is 1.47 bits per heavy atom. The fourth-order valence-electron chi connectivity index (χ4n) is 1.01. The molecule has 0 bridgehead atoms. The molecule has 0 aromatic heterocycles. The lowest BCUT2D eigenvalue weighted by atomic mass is 10.3. The predicted molar refractivity (Wildman–Crippen MR) is 68.6 cm³/mol. The average molecular weight is 291 g/mol. The Morgan fingerprint density at radius 3 is 2.67 bits per heavy atom. The predicted octanol–water partition coefficient (Wildman–Crippen LogP) is 3.28. The maximum atomic E-state index is 12.8. The van der Waals surface area contributed by atoms with Gasteiger partial charge in [0.2, 0.25) is 0 Å². The minimum absolute atomic E-state index is 0.268. The van der Waals surface area contributed by atoms with Crippen LogP contribution in [-0.4, -0.2) is 11.2 Å². The van der Waals surface area contributed by atoms with E-state index in [0.717, 1.165) is 5.69 Å². The SMILES string of the molecule is CC(C)NC(=S)Nc1ccc(F)cc1Br. The molecule has 82 valence electrons. The van der Waals surface area contributed by atoms with Crippen molar-refractivity contribution in [3.8, 4) is 0 Å². The van der Waals surface area contributed by atoms with Gasteiger partial charge in [0.05, 0.1) is 5.69 Å². The first-order valence-corrected chi connectivity index (χ1v) is 5.71. The largest absolute Gasteiger partial charge is 0.360 e. The summed E-state index contributed by atoms with van der Waals surface area (Å²) in [6.07, 6.45) is 0. The Balaban J connectivity index is 2.68. The number of rotatable bonds is 2.